The molecule has 5 aromatic rings. The molecule has 7 unspecified atom stereocenters. The molecule has 18 heteroatoms. The molecule has 0 radical (unpaired) electrons. The van der Waals surface area contributed by atoms with Gasteiger partial charge in [0.05, 0.1) is 71.5 Å². The van der Waals surface area contributed by atoms with E-state index >= 15 is 0 Å². The van der Waals surface area contributed by atoms with Gasteiger partial charge in [0, 0.05) is 44.0 Å². The van der Waals surface area contributed by atoms with Crippen molar-refractivity contribution in [1.29, 1.82) is 15.8 Å². The number of hydrogen-bond donors (Lipinski definition) is 1. The van der Waals surface area contributed by atoms with Crippen LogP contribution in [0.5, 0.6) is 17.2 Å². The lowest BCUT2D eigenvalue weighted by molar-refractivity contribution is 0.229. The molecule has 0 aliphatic heterocycles. The van der Waals surface area contributed by atoms with E-state index in [1.54, 1.807) is 36.4 Å². The third-order valence-electron chi connectivity index (χ3n) is 20.7. The van der Waals surface area contributed by atoms with E-state index in [1.165, 1.54) is 51.0 Å². The second-order valence-electron chi connectivity index (χ2n) is 29.0. The first-order valence-corrected chi connectivity index (χ1v) is 42.5. The van der Waals surface area contributed by atoms with Crippen LogP contribution < -0.4 is 23.8 Å². The highest BCUT2D eigenvalue weighted by Gasteiger charge is 2.27. The molecule has 1 aromatic heterocycles. The summed E-state index contributed by atoms with van der Waals surface area (Å²) in [6.07, 6.45) is 32.9. The van der Waals surface area contributed by atoms with E-state index in [-0.39, 0.29) is 17.2 Å². The van der Waals surface area contributed by atoms with Gasteiger partial charge in [0.2, 0.25) is 10.0 Å². The molecular weight excluding hydrogens is 1330 g/mol. The Balaban J connectivity index is 0.000000448. The highest BCUT2D eigenvalue weighted by Crippen LogP contribution is 2.45. The summed E-state index contributed by atoms with van der Waals surface area (Å²) >= 11 is 0. The highest BCUT2D eigenvalue weighted by atomic mass is 32.2. The third kappa shape index (κ3) is 33.0. The molecule has 0 spiro atoms. The zero-order valence-corrected chi connectivity index (χ0v) is 68.1. The Morgan fingerprint density at radius 3 is 1.30 bits per heavy atom. The molecule has 0 amide bonds. The number of hydrogen-bond acceptors (Lipinski definition) is 15. The molecule has 0 fully saturated rings. The van der Waals surface area contributed by atoms with E-state index in [2.05, 4.69) is 156 Å². The van der Waals surface area contributed by atoms with E-state index in [9.17, 15) is 24.2 Å². The van der Waals surface area contributed by atoms with Crippen molar-refractivity contribution < 1.29 is 22.6 Å². The number of nitriles is 3. The van der Waals surface area contributed by atoms with Crippen LogP contribution in [-0.2, 0) is 16.6 Å². The Hall–Kier alpha value is -7.62. The maximum atomic E-state index is 14.0. The van der Waals surface area contributed by atoms with E-state index in [1.807, 2.05) is 36.4 Å². The number of aromatic nitrogens is 1. The molecule has 5 rings (SSSR count). The van der Waals surface area contributed by atoms with E-state index in [4.69, 9.17) is 24.4 Å². The second kappa shape index (κ2) is 52.4. The topological polar surface area (TPSA) is 228 Å². The SMILES string of the molecule is CCCCC(CC)COc1cc(N=Nc2ccc(C#N)cc2C#N)c(NS(=O)(=O)CC(CC)CCCC)cc1N(CC(CC)CCCC)CC(CC)CCCC.CCCCC(CC)COc1cc(N=Nc2cccn2CC(CC)CCCC)c(OCC(CC)CCCC)cc1N=Nc1ccc(C#N)cc1. The largest absolute Gasteiger partial charge is 0.491 e. The number of anilines is 2. The van der Waals surface area contributed by atoms with Crippen molar-refractivity contribution in [2.45, 2.75) is 283 Å². The maximum absolute atomic E-state index is 14.0. The van der Waals surface area contributed by atoms with Gasteiger partial charge in [0.1, 0.15) is 46.1 Å². The molecule has 17 nitrogen and oxygen atoms in total. The number of nitrogens with one attached hydrogen (secondary N) is 1. The molecule has 4 aromatic carbocycles. The second-order valence-corrected chi connectivity index (χ2v) is 30.8. The predicted molar refractivity (Wildman–Crippen MR) is 436 cm³/mol. The van der Waals surface area contributed by atoms with Crippen LogP contribution in [0, 0.1) is 75.4 Å². The summed E-state index contributed by atoms with van der Waals surface area (Å²) < 4.78 is 53.1. The van der Waals surface area contributed by atoms with Gasteiger partial charge in [-0.05, 0) is 147 Å². The Bertz CT molecular complexity index is 3550. The zero-order chi connectivity index (χ0) is 76.6. The Morgan fingerprint density at radius 1 is 0.429 bits per heavy atom. The maximum Gasteiger partial charge on any atom is 0.233 e. The number of nitrogens with zero attached hydrogens (tertiary/aromatic N) is 11. The van der Waals surface area contributed by atoms with Crippen molar-refractivity contribution >= 4 is 55.7 Å². The lowest BCUT2D eigenvalue weighted by atomic mass is 9.95. The van der Waals surface area contributed by atoms with Gasteiger partial charge in [-0.2, -0.15) is 20.9 Å². The molecule has 105 heavy (non-hydrogen) atoms. The minimum atomic E-state index is -3.78. The van der Waals surface area contributed by atoms with Crippen molar-refractivity contribution in [1.82, 2.24) is 4.57 Å². The van der Waals surface area contributed by atoms with Gasteiger partial charge in [0.15, 0.2) is 5.82 Å². The summed E-state index contributed by atoms with van der Waals surface area (Å²) in [7, 11) is -3.78. The number of sulfonamides is 1. The zero-order valence-electron chi connectivity index (χ0n) is 67.2. The average Bonchev–Trinajstić information content (AvgIpc) is 1.22. The summed E-state index contributed by atoms with van der Waals surface area (Å²) in [6.45, 7) is 35.4. The number of azo groups is 3. The first-order valence-electron chi connectivity index (χ1n) is 40.9. The van der Waals surface area contributed by atoms with Crippen molar-refractivity contribution in [3.05, 3.63) is 102 Å². The average molecular weight is 1460 g/mol. The lowest BCUT2D eigenvalue weighted by Crippen LogP contribution is -2.34. The lowest BCUT2D eigenvalue weighted by Gasteiger charge is -2.34. The van der Waals surface area contributed by atoms with Gasteiger partial charge in [-0.15, -0.1) is 25.6 Å². The quantitative estimate of drug-likeness (QED) is 0.0365. The normalized spacial score (nSPS) is 13.7. The Kier molecular flexibility index (Phi) is 44.8. The molecule has 1 N–H and O–H groups in total. The molecule has 0 saturated carbocycles. The summed E-state index contributed by atoms with van der Waals surface area (Å²) in [5, 5.41) is 56.3. The first kappa shape index (κ1) is 89.8. The van der Waals surface area contributed by atoms with Crippen LogP contribution in [0.1, 0.15) is 293 Å². The molecule has 7 atom stereocenters. The van der Waals surface area contributed by atoms with Gasteiger partial charge in [0.25, 0.3) is 0 Å². The van der Waals surface area contributed by atoms with Crippen LogP contribution >= 0.6 is 0 Å². The fourth-order valence-corrected chi connectivity index (χ4v) is 14.6. The summed E-state index contributed by atoms with van der Waals surface area (Å²) in [5.41, 5.74) is 4.84. The van der Waals surface area contributed by atoms with E-state index in [0.29, 0.717) is 118 Å². The number of rotatable bonds is 54. The van der Waals surface area contributed by atoms with Gasteiger partial charge in [-0.1, -0.05) is 232 Å². The third-order valence-corrected chi connectivity index (χ3v) is 22.1. The van der Waals surface area contributed by atoms with Crippen molar-refractivity contribution in [3.63, 3.8) is 0 Å². The van der Waals surface area contributed by atoms with E-state index < -0.39 is 10.0 Å². The van der Waals surface area contributed by atoms with Crippen molar-refractivity contribution in [2.75, 3.05) is 48.3 Å². The molecule has 578 valence electrons. The van der Waals surface area contributed by atoms with Crippen LogP contribution in [-0.4, -0.2) is 51.6 Å². The fraction of sp³-hybridized carbons (Fsp3) is 0.644. The minimum Gasteiger partial charge on any atom is -0.491 e. The molecule has 0 aliphatic rings. The fourth-order valence-electron chi connectivity index (χ4n) is 13.0. The van der Waals surface area contributed by atoms with Crippen LogP contribution in [0.4, 0.5) is 45.6 Å². The van der Waals surface area contributed by atoms with Crippen LogP contribution in [0.2, 0.25) is 0 Å². The first-order chi connectivity index (χ1) is 51.0. The molecule has 0 saturated heterocycles. The van der Waals surface area contributed by atoms with Gasteiger partial charge < -0.3 is 23.7 Å². The summed E-state index contributed by atoms with van der Waals surface area (Å²) in [6, 6.07) is 29.8. The highest BCUT2D eigenvalue weighted by molar-refractivity contribution is 7.92. The van der Waals surface area contributed by atoms with Gasteiger partial charge in [-0.25, -0.2) is 8.42 Å². The van der Waals surface area contributed by atoms with Crippen LogP contribution in [0.15, 0.2) is 116 Å². The molecule has 0 bridgehead atoms. The van der Waals surface area contributed by atoms with Crippen LogP contribution in [0.3, 0.4) is 0 Å². The predicted octanol–water partition coefficient (Wildman–Crippen LogP) is 27.2. The van der Waals surface area contributed by atoms with Gasteiger partial charge in [-0.3, -0.25) is 4.72 Å². The number of ether oxygens (including phenoxy) is 3. The molecular formula is C87H134N12O5S. The summed E-state index contributed by atoms with van der Waals surface area (Å²) in [5.74, 6) is 5.59. The number of unbranched alkanes of at least 4 members (excludes halogenated alkanes) is 7. The van der Waals surface area contributed by atoms with Gasteiger partial charge >= 0.3 is 0 Å². The smallest absolute Gasteiger partial charge is 0.233 e. The Morgan fingerprint density at radius 2 is 0.838 bits per heavy atom. The van der Waals surface area contributed by atoms with Crippen molar-refractivity contribution in [2.24, 2.45) is 72.1 Å². The monoisotopic (exact) mass is 1460 g/mol. The van der Waals surface area contributed by atoms with Crippen molar-refractivity contribution in [3.8, 4) is 35.5 Å². The molecule has 0 aliphatic carbocycles. The minimum absolute atomic E-state index is 0.0189. The Labute approximate surface area is 636 Å². The van der Waals surface area contributed by atoms with E-state index in [0.717, 1.165) is 166 Å². The summed E-state index contributed by atoms with van der Waals surface area (Å²) in [4.78, 5) is 2.47. The molecule has 1 heterocycles. The number of benzene rings is 4. The van der Waals surface area contributed by atoms with Crippen LogP contribution in [0.25, 0.3) is 0 Å². The standard InChI is InChI=1S/C46H74N6O3S.C41H60N6O2/c1-9-17-21-36(13-5)32-52(33-37(14-6)22-18-10-2)45-28-44(51-56(53,54)35-39(16-8)24-20-12-4)43(29-46(45)55-34-38(15-7)23-19-11-3)50-49-42-26-25-40(30-47)27-41(42)31-48;1-7-13-17-32(10-4)29-47-25-16-20-41(47)46-45-38-27-39(48-30-33(11-5)18-14-8-2)37(44-43-36-23-21-35(28-42)22-24-36)26-40(38)49-31-34(12-6)19-15-9-3/h25-29,36-39,51H,9-24,32-35H2,1-8H3;16,20-27,32-34H,7-15,17-19,29-31H2,1-6H3.